The Kier molecular flexibility index (Phi) is 6.90. The molecule has 0 aromatic carbocycles. The van der Waals surface area contributed by atoms with Gasteiger partial charge in [-0.3, -0.25) is 4.79 Å². The Labute approximate surface area is 105 Å². The van der Waals surface area contributed by atoms with Gasteiger partial charge in [0.15, 0.2) is 0 Å². The van der Waals surface area contributed by atoms with Crippen molar-refractivity contribution in [2.75, 3.05) is 0 Å². The van der Waals surface area contributed by atoms with Crippen molar-refractivity contribution < 1.29 is 4.79 Å². The summed E-state index contributed by atoms with van der Waals surface area (Å²) in [4.78, 5) is 11.9. The normalized spacial score (nSPS) is 16.6. The number of hydrogen-bond acceptors (Lipinski definition) is 2. The van der Waals surface area contributed by atoms with Gasteiger partial charge in [0.05, 0.1) is 0 Å². The summed E-state index contributed by atoms with van der Waals surface area (Å²) < 4.78 is 0. The van der Waals surface area contributed by atoms with Crippen LogP contribution in [0.15, 0.2) is 5.10 Å². The number of amides is 1. The molecule has 1 rings (SSSR count). The van der Waals surface area contributed by atoms with E-state index in [0.29, 0.717) is 0 Å². The standard InChI is InChI=1S/C14H26N2O/c1-3-8-13(9-4-2)15-16-14(17)12-10-6-5-7-11-12/h12H,3-11H2,1-2H3,(H,16,17). The van der Waals surface area contributed by atoms with Gasteiger partial charge >= 0.3 is 0 Å². The Morgan fingerprint density at radius 2 is 1.71 bits per heavy atom. The summed E-state index contributed by atoms with van der Waals surface area (Å²) in [6.45, 7) is 4.29. The van der Waals surface area contributed by atoms with Crippen LogP contribution < -0.4 is 5.43 Å². The molecule has 0 spiro atoms. The molecule has 98 valence electrons. The molecule has 0 radical (unpaired) electrons. The lowest BCUT2D eigenvalue weighted by Gasteiger charge is -2.19. The molecule has 3 nitrogen and oxygen atoms in total. The summed E-state index contributed by atoms with van der Waals surface area (Å²) in [7, 11) is 0. The second-order valence-electron chi connectivity index (χ2n) is 4.99. The van der Waals surface area contributed by atoms with E-state index in [-0.39, 0.29) is 11.8 Å². The number of carbonyl (C=O) groups excluding carboxylic acids is 1. The molecule has 1 amide bonds. The third-order valence-corrected chi connectivity index (χ3v) is 3.38. The summed E-state index contributed by atoms with van der Waals surface area (Å²) in [6, 6.07) is 0. The van der Waals surface area contributed by atoms with Crippen LogP contribution in [-0.4, -0.2) is 11.6 Å². The monoisotopic (exact) mass is 238 g/mol. The second-order valence-corrected chi connectivity index (χ2v) is 4.99. The van der Waals surface area contributed by atoms with Crippen molar-refractivity contribution in [3.05, 3.63) is 0 Å². The number of hydrogen-bond donors (Lipinski definition) is 1. The van der Waals surface area contributed by atoms with E-state index in [9.17, 15) is 4.79 Å². The molecule has 1 aliphatic carbocycles. The van der Waals surface area contributed by atoms with E-state index in [1.807, 2.05) is 0 Å². The molecule has 0 unspecified atom stereocenters. The minimum absolute atomic E-state index is 0.134. The molecular formula is C14H26N2O. The first-order chi connectivity index (χ1) is 8.27. The number of nitrogens with zero attached hydrogens (tertiary/aromatic N) is 1. The lowest BCUT2D eigenvalue weighted by Crippen LogP contribution is -2.29. The Balaban J connectivity index is 2.39. The molecule has 0 saturated heterocycles. The largest absolute Gasteiger partial charge is 0.273 e. The second kappa shape index (κ2) is 8.26. The topological polar surface area (TPSA) is 41.5 Å². The van der Waals surface area contributed by atoms with Crippen molar-refractivity contribution in [3.8, 4) is 0 Å². The zero-order valence-electron chi connectivity index (χ0n) is 11.3. The third kappa shape index (κ3) is 5.33. The van der Waals surface area contributed by atoms with Crippen LogP contribution in [0.4, 0.5) is 0 Å². The van der Waals surface area contributed by atoms with Crippen LogP contribution in [0.25, 0.3) is 0 Å². The average molecular weight is 238 g/mol. The van der Waals surface area contributed by atoms with E-state index in [1.54, 1.807) is 0 Å². The minimum atomic E-state index is 0.134. The highest BCUT2D eigenvalue weighted by atomic mass is 16.2. The molecule has 0 bridgehead atoms. The summed E-state index contributed by atoms with van der Waals surface area (Å²) >= 11 is 0. The van der Waals surface area contributed by atoms with Crippen molar-refractivity contribution in [2.24, 2.45) is 11.0 Å². The number of nitrogens with one attached hydrogen (secondary N) is 1. The van der Waals surface area contributed by atoms with E-state index in [1.165, 1.54) is 19.3 Å². The van der Waals surface area contributed by atoms with Crippen molar-refractivity contribution in [1.29, 1.82) is 0 Å². The molecule has 1 aliphatic rings. The SMILES string of the molecule is CCCC(CCC)=NNC(=O)C1CCCCC1. The predicted molar refractivity (Wildman–Crippen MR) is 72.0 cm³/mol. The fourth-order valence-corrected chi connectivity index (χ4v) is 2.40. The Hall–Kier alpha value is -0.860. The number of hydrazone groups is 1. The molecule has 0 heterocycles. The first-order valence-electron chi connectivity index (χ1n) is 7.13. The van der Waals surface area contributed by atoms with E-state index < -0.39 is 0 Å². The third-order valence-electron chi connectivity index (χ3n) is 3.38. The first kappa shape index (κ1) is 14.2. The van der Waals surface area contributed by atoms with Crippen LogP contribution in [-0.2, 0) is 4.79 Å². The minimum Gasteiger partial charge on any atom is -0.273 e. The molecule has 0 aromatic rings. The summed E-state index contributed by atoms with van der Waals surface area (Å²) in [5.74, 6) is 0.339. The number of carbonyl (C=O) groups is 1. The summed E-state index contributed by atoms with van der Waals surface area (Å²) in [6.07, 6.45) is 9.94. The van der Waals surface area contributed by atoms with Crippen LogP contribution in [0.1, 0.15) is 71.6 Å². The highest BCUT2D eigenvalue weighted by molar-refractivity contribution is 5.86. The van der Waals surface area contributed by atoms with Crippen molar-refractivity contribution in [2.45, 2.75) is 71.6 Å². The van der Waals surface area contributed by atoms with Crippen molar-refractivity contribution in [1.82, 2.24) is 5.43 Å². The maximum absolute atomic E-state index is 11.9. The van der Waals surface area contributed by atoms with Gasteiger partial charge in [-0.15, -0.1) is 0 Å². The quantitative estimate of drug-likeness (QED) is 0.557. The van der Waals surface area contributed by atoms with Gasteiger partial charge in [-0.25, -0.2) is 5.43 Å². The molecule has 0 aliphatic heterocycles. The fraction of sp³-hybridized carbons (Fsp3) is 0.857. The maximum atomic E-state index is 11.9. The van der Waals surface area contributed by atoms with E-state index >= 15 is 0 Å². The Morgan fingerprint density at radius 3 is 2.24 bits per heavy atom. The Bertz CT molecular complexity index is 247. The van der Waals surface area contributed by atoms with E-state index in [0.717, 1.165) is 44.2 Å². The Morgan fingerprint density at radius 1 is 1.12 bits per heavy atom. The molecule has 1 N–H and O–H groups in total. The van der Waals surface area contributed by atoms with Crippen LogP contribution in [0.2, 0.25) is 0 Å². The molecule has 17 heavy (non-hydrogen) atoms. The molecule has 0 atom stereocenters. The predicted octanol–water partition coefficient (Wildman–Crippen LogP) is 3.64. The van der Waals surface area contributed by atoms with E-state index in [2.05, 4.69) is 24.4 Å². The van der Waals surface area contributed by atoms with Gasteiger partial charge in [0.25, 0.3) is 0 Å². The molecule has 0 aromatic heterocycles. The molecule has 1 saturated carbocycles. The lowest BCUT2D eigenvalue weighted by molar-refractivity contribution is -0.125. The maximum Gasteiger partial charge on any atom is 0.243 e. The van der Waals surface area contributed by atoms with Crippen molar-refractivity contribution in [3.63, 3.8) is 0 Å². The lowest BCUT2D eigenvalue weighted by atomic mass is 9.89. The highest BCUT2D eigenvalue weighted by Crippen LogP contribution is 2.23. The zero-order chi connectivity index (χ0) is 12.5. The van der Waals surface area contributed by atoms with Crippen LogP contribution in [0.3, 0.4) is 0 Å². The smallest absolute Gasteiger partial charge is 0.243 e. The molecule has 3 heteroatoms. The van der Waals surface area contributed by atoms with Crippen LogP contribution >= 0.6 is 0 Å². The zero-order valence-corrected chi connectivity index (χ0v) is 11.3. The summed E-state index contributed by atoms with van der Waals surface area (Å²) in [5.41, 5.74) is 3.91. The van der Waals surface area contributed by atoms with Crippen LogP contribution in [0.5, 0.6) is 0 Å². The fourth-order valence-electron chi connectivity index (χ4n) is 2.40. The van der Waals surface area contributed by atoms with Crippen LogP contribution in [0, 0.1) is 5.92 Å². The van der Waals surface area contributed by atoms with Gasteiger partial charge in [0, 0.05) is 11.6 Å². The van der Waals surface area contributed by atoms with Gasteiger partial charge in [-0.05, 0) is 25.7 Å². The van der Waals surface area contributed by atoms with Gasteiger partial charge in [-0.1, -0.05) is 46.0 Å². The van der Waals surface area contributed by atoms with Gasteiger partial charge < -0.3 is 0 Å². The first-order valence-corrected chi connectivity index (χ1v) is 7.13. The number of rotatable bonds is 6. The molecular weight excluding hydrogens is 212 g/mol. The van der Waals surface area contributed by atoms with Crippen molar-refractivity contribution >= 4 is 11.6 Å². The average Bonchev–Trinajstić information content (AvgIpc) is 2.37. The van der Waals surface area contributed by atoms with Gasteiger partial charge in [0.2, 0.25) is 5.91 Å². The summed E-state index contributed by atoms with van der Waals surface area (Å²) in [5, 5.41) is 4.30. The van der Waals surface area contributed by atoms with Gasteiger partial charge in [-0.2, -0.15) is 5.10 Å². The van der Waals surface area contributed by atoms with E-state index in [4.69, 9.17) is 0 Å². The molecule has 1 fully saturated rings. The highest BCUT2D eigenvalue weighted by Gasteiger charge is 2.20. The van der Waals surface area contributed by atoms with Gasteiger partial charge in [0.1, 0.15) is 0 Å².